The van der Waals surface area contributed by atoms with Gasteiger partial charge in [0.05, 0.1) is 0 Å². The summed E-state index contributed by atoms with van der Waals surface area (Å²) in [6.07, 6.45) is 6.80. The Balaban J connectivity index is 2.09. The van der Waals surface area contributed by atoms with Crippen LogP contribution in [0.5, 0.6) is 0 Å². The smallest absolute Gasteiger partial charge is 0.188 e. The van der Waals surface area contributed by atoms with Gasteiger partial charge in [-0.1, -0.05) is 18.5 Å². The predicted molar refractivity (Wildman–Crippen MR) is 75.1 cm³/mol. The van der Waals surface area contributed by atoms with Crippen molar-refractivity contribution in [3.8, 4) is 0 Å². The van der Waals surface area contributed by atoms with E-state index in [2.05, 4.69) is 22.0 Å². The molecule has 0 bridgehead atoms. The van der Waals surface area contributed by atoms with Crippen LogP contribution >= 0.6 is 0 Å². The molecule has 1 saturated heterocycles. The lowest BCUT2D eigenvalue weighted by Gasteiger charge is -2.35. The van der Waals surface area contributed by atoms with E-state index in [-0.39, 0.29) is 5.84 Å². The quantitative estimate of drug-likeness (QED) is 0.376. The van der Waals surface area contributed by atoms with E-state index in [0.29, 0.717) is 11.7 Å². The van der Waals surface area contributed by atoms with Crippen LogP contribution in [0.1, 0.15) is 43.9 Å². The van der Waals surface area contributed by atoms with E-state index < -0.39 is 0 Å². The lowest BCUT2D eigenvalue weighted by Crippen LogP contribution is -2.38. The van der Waals surface area contributed by atoms with Crippen molar-refractivity contribution in [2.24, 2.45) is 10.9 Å². The summed E-state index contributed by atoms with van der Waals surface area (Å²) in [5.41, 5.74) is 7.27. The second-order valence-electron chi connectivity index (χ2n) is 5.06. The Labute approximate surface area is 114 Å². The molecule has 0 aliphatic carbocycles. The normalized spacial score (nSPS) is 21.5. The third-order valence-electron chi connectivity index (χ3n) is 3.80. The maximum absolute atomic E-state index is 8.69. The highest BCUT2D eigenvalue weighted by Crippen LogP contribution is 2.21. The average Bonchev–Trinajstić information content (AvgIpc) is 2.47. The predicted octanol–water partition coefficient (Wildman–Crippen LogP) is 1.94. The fourth-order valence-electron chi connectivity index (χ4n) is 2.73. The van der Waals surface area contributed by atoms with Crippen molar-refractivity contribution < 1.29 is 5.21 Å². The minimum atomic E-state index is 0.0625. The molecule has 1 unspecified atom stereocenters. The molecule has 5 heteroatoms. The first-order valence-electron chi connectivity index (χ1n) is 6.91. The zero-order valence-electron chi connectivity index (χ0n) is 11.4. The Morgan fingerprint density at radius 1 is 1.58 bits per heavy atom. The molecule has 2 rings (SSSR count). The molecule has 5 nitrogen and oxygen atoms in total. The molecular weight excluding hydrogens is 240 g/mol. The zero-order chi connectivity index (χ0) is 13.7. The summed E-state index contributed by atoms with van der Waals surface area (Å²) in [6, 6.07) is 4.57. The molecule has 104 valence electrons. The van der Waals surface area contributed by atoms with Crippen molar-refractivity contribution in [2.75, 3.05) is 6.54 Å². The molecule has 1 aliphatic heterocycles. The molecule has 2 heterocycles. The number of nitrogens with zero attached hydrogens (tertiary/aromatic N) is 3. The summed E-state index contributed by atoms with van der Waals surface area (Å²) in [7, 11) is 0. The van der Waals surface area contributed by atoms with Crippen LogP contribution in [0.15, 0.2) is 23.5 Å². The van der Waals surface area contributed by atoms with E-state index in [4.69, 9.17) is 10.9 Å². The largest absolute Gasteiger partial charge is 0.409 e. The molecule has 1 aliphatic rings. The summed E-state index contributed by atoms with van der Waals surface area (Å²) in [6.45, 7) is 4.31. The van der Waals surface area contributed by atoms with Gasteiger partial charge in [0.2, 0.25) is 0 Å². The zero-order valence-corrected chi connectivity index (χ0v) is 11.4. The fraction of sp³-hybridized carbons (Fsp3) is 0.571. The van der Waals surface area contributed by atoms with Gasteiger partial charge in [-0.3, -0.25) is 9.88 Å². The second-order valence-corrected chi connectivity index (χ2v) is 5.06. The van der Waals surface area contributed by atoms with Gasteiger partial charge < -0.3 is 10.9 Å². The molecule has 19 heavy (non-hydrogen) atoms. The summed E-state index contributed by atoms with van der Waals surface area (Å²) >= 11 is 0. The molecule has 0 amide bonds. The Hall–Kier alpha value is -1.62. The van der Waals surface area contributed by atoms with Gasteiger partial charge in [-0.25, -0.2) is 0 Å². The Bertz CT molecular complexity index is 447. The lowest BCUT2D eigenvalue weighted by atomic mass is 9.99. The molecule has 0 spiro atoms. The highest BCUT2D eigenvalue weighted by atomic mass is 16.4. The first-order valence-corrected chi connectivity index (χ1v) is 6.91. The molecule has 3 N–H and O–H groups in total. The standard InChI is InChI=1S/C14H22N4O/c1-2-12-5-3-4-8-18(12)10-11-6-7-16-13(9-11)14(15)17-19/h6-7,9,12,19H,2-5,8,10H2,1H3,(H2,15,17). The molecule has 1 atom stereocenters. The van der Waals surface area contributed by atoms with E-state index in [1.54, 1.807) is 6.20 Å². The van der Waals surface area contributed by atoms with Crippen LogP contribution in [0.4, 0.5) is 0 Å². The number of pyridine rings is 1. The first kappa shape index (κ1) is 13.8. The molecule has 1 aromatic heterocycles. The van der Waals surface area contributed by atoms with Gasteiger partial charge in [0.15, 0.2) is 5.84 Å². The first-order chi connectivity index (χ1) is 9.24. The Morgan fingerprint density at radius 3 is 3.16 bits per heavy atom. The molecular formula is C14H22N4O. The van der Waals surface area contributed by atoms with Crippen molar-refractivity contribution in [3.05, 3.63) is 29.6 Å². The van der Waals surface area contributed by atoms with Gasteiger partial charge >= 0.3 is 0 Å². The number of piperidine rings is 1. The van der Waals surface area contributed by atoms with Gasteiger partial charge in [0, 0.05) is 18.8 Å². The van der Waals surface area contributed by atoms with Crippen molar-refractivity contribution in [1.29, 1.82) is 0 Å². The maximum atomic E-state index is 8.69. The molecule has 0 radical (unpaired) electrons. The number of nitrogens with two attached hydrogens (primary N) is 1. The second kappa shape index (κ2) is 6.52. The monoisotopic (exact) mass is 262 g/mol. The van der Waals surface area contributed by atoms with Gasteiger partial charge in [0.25, 0.3) is 0 Å². The minimum Gasteiger partial charge on any atom is -0.409 e. The van der Waals surface area contributed by atoms with Crippen molar-refractivity contribution >= 4 is 5.84 Å². The van der Waals surface area contributed by atoms with Crippen LogP contribution in [0, 0.1) is 0 Å². The third-order valence-corrected chi connectivity index (χ3v) is 3.80. The highest BCUT2D eigenvalue weighted by Gasteiger charge is 2.20. The number of aromatic nitrogens is 1. The minimum absolute atomic E-state index is 0.0625. The van der Waals surface area contributed by atoms with Crippen LogP contribution < -0.4 is 5.73 Å². The van der Waals surface area contributed by atoms with Crippen LogP contribution in [0.2, 0.25) is 0 Å². The number of likely N-dealkylation sites (tertiary alicyclic amines) is 1. The number of hydrogen-bond acceptors (Lipinski definition) is 4. The summed E-state index contributed by atoms with van der Waals surface area (Å²) in [4.78, 5) is 6.63. The number of hydrogen-bond donors (Lipinski definition) is 2. The van der Waals surface area contributed by atoms with Crippen LogP contribution in [0.25, 0.3) is 0 Å². The van der Waals surface area contributed by atoms with E-state index in [1.807, 2.05) is 12.1 Å². The lowest BCUT2D eigenvalue weighted by molar-refractivity contribution is 0.136. The third kappa shape index (κ3) is 3.44. The van der Waals surface area contributed by atoms with Gasteiger partial charge in [-0.2, -0.15) is 0 Å². The van der Waals surface area contributed by atoms with Crippen molar-refractivity contribution in [3.63, 3.8) is 0 Å². The molecule has 1 aromatic rings. The topological polar surface area (TPSA) is 74.7 Å². The summed E-state index contributed by atoms with van der Waals surface area (Å²) in [5, 5.41) is 11.7. The van der Waals surface area contributed by atoms with Crippen LogP contribution in [-0.4, -0.2) is 33.5 Å². The van der Waals surface area contributed by atoms with Gasteiger partial charge in [0.1, 0.15) is 5.69 Å². The van der Waals surface area contributed by atoms with Gasteiger partial charge in [-0.15, -0.1) is 0 Å². The van der Waals surface area contributed by atoms with Crippen LogP contribution in [0.3, 0.4) is 0 Å². The van der Waals surface area contributed by atoms with E-state index in [9.17, 15) is 0 Å². The maximum Gasteiger partial charge on any atom is 0.188 e. The van der Waals surface area contributed by atoms with Crippen molar-refractivity contribution in [2.45, 2.75) is 45.2 Å². The molecule has 0 saturated carbocycles. The number of rotatable bonds is 4. The van der Waals surface area contributed by atoms with Crippen molar-refractivity contribution in [1.82, 2.24) is 9.88 Å². The van der Waals surface area contributed by atoms with E-state index in [1.165, 1.54) is 25.7 Å². The summed E-state index contributed by atoms with van der Waals surface area (Å²) < 4.78 is 0. The number of amidine groups is 1. The molecule has 0 aromatic carbocycles. The highest BCUT2D eigenvalue weighted by molar-refractivity contribution is 5.95. The van der Waals surface area contributed by atoms with E-state index >= 15 is 0 Å². The SMILES string of the molecule is CCC1CCCCN1Cc1ccnc(C(N)=NO)c1. The number of oxime groups is 1. The Kier molecular flexibility index (Phi) is 4.74. The molecule has 1 fully saturated rings. The fourth-order valence-corrected chi connectivity index (χ4v) is 2.73. The van der Waals surface area contributed by atoms with Gasteiger partial charge in [-0.05, 0) is 43.5 Å². The van der Waals surface area contributed by atoms with E-state index in [0.717, 1.165) is 18.7 Å². The van der Waals surface area contributed by atoms with Crippen LogP contribution in [-0.2, 0) is 6.54 Å². The average molecular weight is 262 g/mol. The Morgan fingerprint density at radius 2 is 2.42 bits per heavy atom. The summed E-state index contributed by atoms with van der Waals surface area (Å²) in [5.74, 6) is 0.0625.